The van der Waals surface area contributed by atoms with E-state index in [-0.39, 0.29) is 30.7 Å². The number of carbonyl (C=O) groups excluding carboxylic acids is 1. The molecule has 3 N–H and O–H groups in total. The first kappa shape index (κ1) is 20.7. The molecule has 2 aromatic rings. The Morgan fingerprint density at radius 2 is 1.91 bits per heavy atom. The van der Waals surface area contributed by atoms with Crippen LogP contribution in [0.2, 0.25) is 0 Å². The van der Waals surface area contributed by atoms with E-state index < -0.39 is 5.54 Å². The van der Waals surface area contributed by atoms with E-state index in [1.165, 1.54) is 0 Å². The van der Waals surface area contributed by atoms with Crippen LogP contribution in [0.5, 0.6) is 0 Å². The number of amides is 1. The van der Waals surface area contributed by atoms with Crippen LogP contribution < -0.4 is 11.1 Å². The minimum atomic E-state index is -0.507. The van der Waals surface area contributed by atoms with Crippen LogP contribution >= 0.6 is 36.2 Å². The molecule has 0 atom stereocenters. The fourth-order valence-corrected chi connectivity index (χ4v) is 2.81. The van der Waals surface area contributed by atoms with Gasteiger partial charge in [0.2, 0.25) is 0 Å². The molecule has 2 rings (SSSR count). The summed E-state index contributed by atoms with van der Waals surface area (Å²) in [7, 11) is 0. The normalized spacial score (nSPS) is 10.4. The molecule has 0 radical (unpaired) electrons. The Balaban J connectivity index is 0.00000220. The maximum absolute atomic E-state index is 12.4. The van der Waals surface area contributed by atoms with Gasteiger partial charge in [-0.05, 0) is 45.4 Å². The van der Waals surface area contributed by atoms with Crippen molar-refractivity contribution < 1.29 is 4.79 Å². The van der Waals surface area contributed by atoms with Crippen molar-refractivity contribution in [3.63, 3.8) is 0 Å². The third kappa shape index (κ3) is 4.60. The van der Waals surface area contributed by atoms with E-state index >= 15 is 0 Å². The van der Waals surface area contributed by atoms with Crippen molar-refractivity contribution in [1.29, 1.82) is 0 Å². The predicted octanol–water partition coefficient (Wildman–Crippen LogP) is 3.85. The average Bonchev–Trinajstić information content (AvgIpc) is 2.79. The molecule has 1 amide bonds. The molecule has 7 heteroatoms. The summed E-state index contributed by atoms with van der Waals surface area (Å²) >= 11 is 1.55. The summed E-state index contributed by atoms with van der Waals surface area (Å²) in [5, 5.41) is 5.90. The van der Waals surface area contributed by atoms with Crippen LogP contribution in [-0.4, -0.2) is 10.9 Å². The van der Waals surface area contributed by atoms with Crippen LogP contribution in [-0.2, 0) is 5.54 Å². The summed E-state index contributed by atoms with van der Waals surface area (Å²) in [6, 6.07) is 5.35. The van der Waals surface area contributed by atoms with Crippen LogP contribution in [0.15, 0.2) is 23.6 Å². The number of nitrogens with one attached hydrogen (secondary N) is 1. The highest BCUT2D eigenvalue weighted by Gasteiger charge is 2.27. The summed E-state index contributed by atoms with van der Waals surface area (Å²) in [6.07, 6.45) is 0. The number of aromatic nitrogens is 1. The fraction of sp³-hybridized carbons (Fsp3) is 0.333. The van der Waals surface area contributed by atoms with Crippen LogP contribution in [0.25, 0.3) is 0 Å². The van der Waals surface area contributed by atoms with E-state index in [0.717, 1.165) is 16.3 Å². The number of thiazole rings is 1. The lowest BCUT2D eigenvalue weighted by Gasteiger charge is -2.24. The predicted molar refractivity (Wildman–Crippen MR) is 97.4 cm³/mol. The van der Waals surface area contributed by atoms with Crippen LogP contribution in [0.1, 0.15) is 40.5 Å². The van der Waals surface area contributed by atoms with Gasteiger partial charge < -0.3 is 11.1 Å². The van der Waals surface area contributed by atoms with E-state index in [1.54, 1.807) is 23.5 Å². The molecule has 0 saturated carbocycles. The number of rotatable bonds is 3. The van der Waals surface area contributed by atoms with Crippen molar-refractivity contribution >= 4 is 47.7 Å². The lowest BCUT2D eigenvalue weighted by Crippen LogP contribution is -2.41. The molecule has 0 saturated heterocycles. The van der Waals surface area contributed by atoms with E-state index in [4.69, 9.17) is 5.73 Å². The topological polar surface area (TPSA) is 68.0 Å². The Morgan fingerprint density at radius 3 is 2.45 bits per heavy atom. The number of nitrogens with zero attached hydrogens (tertiary/aromatic N) is 1. The van der Waals surface area contributed by atoms with Gasteiger partial charge in [0.05, 0.1) is 5.54 Å². The Hall–Kier alpha value is -1.30. The third-order valence-corrected chi connectivity index (χ3v) is 4.37. The highest BCUT2D eigenvalue weighted by molar-refractivity contribution is 7.09. The highest BCUT2D eigenvalue weighted by Crippen LogP contribution is 2.24. The molecule has 0 bridgehead atoms. The van der Waals surface area contributed by atoms with Gasteiger partial charge in [0.25, 0.3) is 5.91 Å². The largest absolute Gasteiger partial charge is 0.399 e. The van der Waals surface area contributed by atoms with Gasteiger partial charge in [-0.1, -0.05) is 6.07 Å². The highest BCUT2D eigenvalue weighted by atomic mass is 35.5. The van der Waals surface area contributed by atoms with Crippen LogP contribution in [0.4, 0.5) is 5.69 Å². The molecule has 0 aliphatic rings. The molecule has 0 fully saturated rings. The lowest BCUT2D eigenvalue weighted by molar-refractivity contribution is 0.0911. The number of halogens is 2. The zero-order valence-corrected chi connectivity index (χ0v) is 15.4. The van der Waals surface area contributed by atoms with Gasteiger partial charge in [-0.15, -0.1) is 36.2 Å². The minimum Gasteiger partial charge on any atom is -0.399 e. The summed E-state index contributed by atoms with van der Waals surface area (Å²) in [6.45, 7) is 7.74. The number of hydrogen-bond acceptors (Lipinski definition) is 4. The number of nitrogen functional groups attached to an aromatic ring is 1. The minimum absolute atomic E-state index is 0. The van der Waals surface area contributed by atoms with Crippen molar-refractivity contribution in [2.24, 2.45) is 0 Å². The van der Waals surface area contributed by atoms with Crippen LogP contribution in [0.3, 0.4) is 0 Å². The monoisotopic (exact) mass is 361 g/mol. The first-order chi connectivity index (χ1) is 9.29. The molecule has 122 valence electrons. The second-order valence-electron chi connectivity index (χ2n) is 5.45. The first-order valence-corrected chi connectivity index (χ1v) is 7.29. The molecule has 1 aromatic carbocycles. The molecule has 22 heavy (non-hydrogen) atoms. The number of anilines is 1. The standard InChI is InChI=1S/C15H19N3OS.2ClH/c1-9-5-6-11(16)7-12(9)13(19)18-15(3,4)14-17-10(2)8-20-14;;/h5-8H,16H2,1-4H3,(H,18,19);2*1H. The summed E-state index contributed by atoms with van der Waals surface area (Å²) in [4.78, 5) is 16.9. The second-order valence-corrected chi connectivity index (χ2v) is 6.31. The summed E-state index contributed by atoms with van der Waals surface area (Å²) < 4.78 is 0. The van der Waals surface area contributed by atoms with E-state index in [1.807, 2.05) is 39.1 Å². The summed E-state index contributed by atoms with van der Waals surface area (Å²) in [5.74, 6) is -0.132. The maximum atomic E-state index is 12.4. The third-order valence-electron chi connectivity index (χ3n) is 3.09. The Kier molecular flexibility index (Phi) is 7.35. The van der Waals surface area contributed by atoms with Crippen LogP contribution in [0, 0.1) is 13.8 Å². The Bertz CT molecular complexity index is 656. The van der Waals surface area contributed by atoms with Gasteiger partial charge in [0, 0.05) is 22.3 Å². The number of carbonyl (C=O) groups is 1. The van der Waals surface area contributed by atoms with E-state index in [0.29, 0.717) is 11.3 Å². The molecule has 0 aliphatic heterocycles. The number of hydrogen-bond donors (Lipinski definition) is 2. The molecule has 1 heterocycles. The van der Waals surface area contributed by atoms with Gasteiger partial charge in [-0.25, -0.2) is 4.98 Å². The number of nitrogens with two attached hydrogens (primary N) is 1. The zero-order valence-electron chi connectivity index (χ0n) is 13.0. The van der Waals surface area contributed by atoms with E-state index in [9.17, 15) is 4.79 Å². The smallest absolute Gasteiger partial charge is 0.252 e. The van der Waals surface area contributed by atoms with Gasteiger partial charge in [-0.3, -0.25) is 4.79 Å². The van der Waals surface area contributed by atoms with Gasteiger partial charge in [0.1, 0.15) is 5.01 Å². The maximum Gasteiger partial charge on any atom is 0.252 e. The second kappa shape index (κ2) is 7.81. The molecular weight excluding hydrogens is 341 g/mol. The average molecular weight is 362 g/mol. The quantitative estimate of drug-likeness (QED) is 0.815. The molecule has 4 nitrogen and oxygen atoms in total. The molecule has 0 aliphatic carbocycles. The van der Waals surface area contributed by atoms with Crippen molar-refractivity contribution in [2.75, 3.05) is 5.73 Å². The number of aryl methyl sites for hydroxylation is 2. The molecule has 0 unspecified atom stereocenters. The first-order valence-electron chi connectivity index (χ1n) is 6.41. The molecular formula is C15H21Cl2N3OS. The zero-order chi connectivity index (χ0) is 14.9. The van der Waals surface area contributed by atoms with Crippen molar-refractivity contribution in [1.82, 2.24) is 10.3 Å². The molecule has 1 aromatic heterocycles. The number of benzene rings is 1. The SMILES string of the molecule is Cc1csc(C(C)(C)NC(=O)c2cc(N)ccc2C)n1.Cl.Cl. The molecule has 0 spiro atoms. The van der Waals surface area contributed by atoms with Gasteiger partial charge in [0.15, 0.2) is 0 Å². The lowest BCUT2D eigenvalue weighted by atomic mass is 10.0. The van der Waals surface area contributed by atoms with E-state index in [2.05, 4.69) is 10.3 Å². The van der Waals surface area contributed by atoms with Gasteiger partial charge in [-0.2, -0.15) is 0 Å². The van der Waals surface area contributed by atoms with Crippen molar-refractivity contribution in [3.8, 4) is 0 Å². The Labute approximate surface area is 147 Å². The van der Waals surface area contributed by atoms with Crippen molar-refractivity contribution in [3.05, 3.63) is 45.4 Å². The Morgan fingerprint density at radius 1 is 1.27 bits per heavy atom. The summed E-state index contributed by atoms with van der Waals surface area (Å²) in [5.41, 5.74) is 8.31. The fourth-order valence-electron chi connectivity index (χ4n) is 1.93. The van der Waals surface area contributed by atoms with Gasteiger partial charge >= 0.3 is 0 Å². The van der Waals surface area contributed by atoms with Crippen molar-refractivity contribution in [2.45, 2.75) is 33.2 Å².